The van der Waals surface area contributed by atoms with Gasteiger partial charge in [-0.05, 0) is 38.1 Å². The first-order chi connectivity index (χ1) is 11.5. The molecule has 0 fully saturated rings. The van der Waals surface area contributed by atoms with E-state index in [1.54, 1.807) is 36.4 Å². The molecule has 0 spiro atoms. The van der Waals surface area contributed by atoms with Crippen molar-refractivity contribution in [3.63, 3.8) is 0 Å². The predicted molar refractivity (Wildman–Crippen MR) is 95.9 cm³/mol. The number of carbonyl (C=O) groups is 1. The molecular formula is C19H17ClN2O2. The van der Waals surface area contributed by atoms with Gasteiger partial charge in [0.15, 0.2) is 0 Å². The topological polar surface area (TPSA) is 62.1 Å². The fourth-order valence-corrected chi connectivity index (χ4v) is 2.20. The van der Waals surface area contributed by atoms with Gasteiger partial charge in [0, 0.05) is 5.56 Å². The van der Waals surface area contributed by atoms with Crippen molar-refractivity contribution in [1.29, 1.82) is 5.26 Å². The van der Waals surface area contributed by atoms with Crippen molar-refractivity contribution in [3.05, 3.63) is 64.7 Å². The van der Waals surface area contributed by atoms with Crippen LogP contribution in [0.15, 0.2) is 54.1 Å². The minimum Gasteiger partial charge on any atom is -0.490 e. The molecule has 0 saturated heterocycles. The van der Waals surface area contributed by atoms with Gasteiger partial charge in [-0.15, -0.1) is 0 Å². The number of nitrogens with one attached hydrogen (secondary N) is 1. The lowest BCUT2D eigenvalue weighted by Crippen LogP contribution is -2.14. The van der Waals surface area contributed by atoms with Gasteiger partial charge >= 0.3 is 0 Å². The van der Waals surface area contributed by atoms with E-state index in [0.29, 0.717) is 22.0 Å². The van der Waals surface area contributed by atoms with Crippen LogP contribution >= 0.6 is 11.6 Å². The molecule has 0 aliphatic heterocycles. The molecule has 1 N–H and O–H groups in total. The zero-order chi connectivity index (χ0) is 17.5. The van der Waals surface area contributed by atoms with Gasteiger partial charge in [0.1, 0.15) is 17.4 Å². The van der Waals surface area contributed by atoms with Crippen molar-refractivity contribution in [1.82, 2.24) is 0 Å². The van der Waals surface area contributed by atoms with E-state index in [2.05, 4.69) is 5.32 Å². The summed E-state index contributed by atoms with van der Waals surface area (Å²) in [5, 5.41) is 12.4. The summed E-state index contributed by atoms with van der Waals surface area (Å²) in [6, 6.07) is 16.0. The van der Waals surface area contributed by atoms with Crippen LogP contribution in [0.1, 0.15) is 19.4 Å². The molecule has 2 aromatic carbocycles. The summed E-state index contributed by atoms with van der Waals surface area (Å²) in [5.41, 5.74) is 1.09. The van der Waals surface area contributed by atoms with Crippen molar-refractivity contribution in [2.75, 3.05) is 5.32 Å². The van der Waals surface area contributed by atoms with Crippen LogP contribution < -0.4 is 10.1 Å². The molecule has 0 atom stereocenters. The Balaban J connectivity index is 2.28. The first kappa shape index (κ1) is 17.6. The molecule has 0 unspecified atom stereocenters. The average Bonchev–Trinajstić information content (AvgIpc) is 2.55. The van der Waals surface area contributed by atoms with Gasteiger partial charge in [0.25, 0.3) is 5.91 Å². The first-order valence-electron chi connectivity index (χ1n) is 7.44. The molecule has 0 aliphatic carbocycles. The van der Waals surface area contributed by atoms with Gasteiger partial charge in [-0.25, -0.2) is 0 Å². The lowest BCUT2D eigenvalue weighted by atomic mass is 10.1. The van der Waals surface area contributed by atoms with Gasteiger partial charge in [-0.1, -0.05) is 41.9 Å². The number of anilines is 1. The molecule has 2 rings (SSSR count). The standard InChI is InChI=1S/C19H17ClN2O2/c1-13(2)24-18-10-6-3-7-14(18)11-15(12-21)19(23)22-17-9-5-4-8-16(17)20/h3-11,13H,1-2H3,(H,22,23)/b15-11-. The fourth-order valence-electron chi connectivity index (χ4n) is 2.02. The summed E-state index contributed by atoms with van der Waals surface area (Å²) in [4.78, 5) is 12.3. The van der Waals surface area contributed by atoms with E-state index in [4.69, 9.17) is 16.3 Å². The van der Waals surface area contributed by atoms with Crippen molar-refractivity contribution in [3.8, 4) is 11.8 Å². The van der Waals surface area contributed by atoms with Crippen LogP contribution in [-0.4, -0.2) is 12.0 Å². The Morgan fingerprint density at radius 1 is 1.21 bits per heavy atom. The zero-order valence-electron chi connectivity index (χ0n) is 13.4. The van der Waals surface area contributed by atoms with E-state index in [9.17, 15) is 10.1 Å². The monoisotopic (exact) mass is 340 g/mol. The van der Waals surface area contributed by atoms with Gasteiger partial charge < -0.3 is 10.1 Å². The van der Waals surface area contributed by atoms with Crippen molar-refractivity contribution in [2.24, 2.45) is 0 Å². The Labute approximate surface area is 146 Å². The fraction of sp³-hybridized carbons (Fsp3) is 0.158. The number of nitriles is 1. The summed E-state index contributed by atoms with van der Waals surface area (Å²) < 4.78 is 5.70. The third kappa shape index (κ3) is 4.61. The molecule has 24 heavy (non-hydrogen) atoms. The van der Waals surface area contributed by atoms with E-state index in [1.807, 2.05) is 32.0 Å². The minimum atomic E-state index is -0.523. The van der Waals surface area contributed by atoms with Crippen LogP contribution in [-0.2, 0) is 4.79 Å². The molecule has 0 aliphatic rings. The molecule has 2 aromatic rings. The van der Waals surface area contributed by atoms with Gasteiger partial charge in [0.2, 0.25) is 0 Å². The van der Waals surface area contributed by atoms with E-state index in [1.165, 1.54) is 6.08 Å². The van der Waals surface area contributed by atoms with E-state index in [-0.39, 0.29) is 11.7 Å². The molecule has 5 heteroatoms. The second kappa shape index (κ2) is 8.19. The van der Waals surface area contributed by atoms with Crippen molar-refractivity contribution >= 4 is 29.3 Å². The highest BCUT2D eigenvalue weighted by atomic mass is 35.5. The van der Waals surface area contributed by atoms with E-state index in [0.717, 1.165) is 0 Å². The van der Waals surface area contributed by atoms with E-state index >= 15 is 0 Å². The average molecular weight is 341 g/mol. The summed E-state index contributed by atoms with van der Waals surface area (Å²) in [6.07, 6.45) is 1.49. The highest BCUT2D eigenvalue weighted by molar-refractivity contribution is 6.34. The molecule has 0 bridgehead atoms. The summed E-state index contributed by atoms with van der Waals surface area (Å²) >= 11 is 6.02. The zero-order valence-corrected chi connectivity index (χ0v) is 14.2. The Bertz CT molecular complexity index is 807. The number of benzene rings is 2. The van der Waals surface area contributed by atoms with Crippen LogP contribution in [0.5, 0.6) is 5.75 Å². The van der Waals surface area contributed by atoms with Crippen LogP contribution in [0.3, 0.4) is 0 Å². The minimum absolute atomic E-state index is 0.0120. The van der Waals surface area contributed by atoms with E-state index < -0.39 is 5.91 Å². The molecule has 0 heterocycles. The highest BCUT2D eigenvalue weighted by Gasteiger charge is 2.13. The Hall–Kier alpha value is -2.77. The van der Waals surface area contributed by atoms with Gasteiger partial charge in [0.05, 0.1) is 16.8 Å². The highest BCUT2D eigenvalue weighted by Crippen LogP contribution is 2.24. The lowest BCUT2D eigenvalue weighted by Gasteiger charge is -2.12. The third-order valence-electron chi connectivity index (χ3n) is 3.07. The Kier molecular flexibility index (Phi) is 6.00. The number of nitrogens with zero attached hydrogens (tertiary/aromatic N) is 1. The molecule has 1 amide bonds. The van der Waals surface area contributed by atoms with Crippen molar-refractivity contribution in [2.45, 2.75) is 20.0 Å². The largest absolute Gasteiger partial charge is 0.490 e. The number of halogens is 1. The summed E-state index contributed by atoms with van der Waals surface area (Å²) in [6.45, 7) is 3.83. The lowest BCUT2D eigenvalue weighted by molar-refractivity contribution is -0.112. The molecule has 0 saturated carbocycles. The quantitative estimate of drug-likeness (QED) is 0.635. The smallest absolute Gasteiger partial charge is 0.266 e. The molecule has 0 aromatic heterocycles. The molecular weight excluding hydrogens is 324 g/mol. The number of rotatable bonds is 5. The third-order valence-corrected chi connectivity index (χ3v) is 3.40. The number of para-hydroxylation sites is 2. The number of ether oxygens (including phenoxy) is 1. The van der Waals surface area contributed by atoms with Crippen LogP contribution in [0, 0.1) is 11.3 Å². The number of carbonyl (C=O) groups excluding carboxylic acids is 1. The SMILES string of the molecule is CC(C)Oc1ccccc1/C=C(/C#N)C(=O)Nc1ccccc1Cl. The number of amides is 1. The number of hydrogen-bond acceptors (Lipinski definition) is 3. The second-order valence-electron chi connectivity index (χ2n) is 5.31. The normalized spacial score (nSPS) is 11.0. The Morgan fingerprint density at radius 3 is 2.54 bits per heavy atom. The summed E-state index contributed by atoms with van der Waals surface area (Å²) in [5.74, 6) is 0.0933. The first-order valence-corrected chi connectivity index (χ1v) is 7.82. The second-order valence-corrected chi connectivity index (χ2v) is 5.72. The predicted octanol–water partition coefficient (Wildman–Crippen LogP) is 4.67. The molecule has 0 radical (unpaired) electrons. The van der Waals surface area contributed by atoms with Crippen LogP contribution in [0.4, 0.5) is 5.69 Å². The summed E-state index contributed by atoms with van der Waals surface area (Å²) in [7, 11) is 0. The van der Waals surface area contributed by atoms with Crippen LogP contribution in [0.2, 0.25) is 5.02 Å². The van der Waals surface area contributed by atoms with Crippen molar-refractivity contribution < 1.29 is 9.53 Å². The molecule has 4 nitrogen and oxygen atoms in total. The molecule has 122 valence electrons. The number of hydrogen-bond donors (Lipinski definition) is 1. The van der Waals surface area contributed by atoms with Gasteiger partial charge in [-0.2, -0.15) is 5.26 Å². The maximum Gasteiger partial charge on any atom is 0.266 e. The maximum atomic E-state index is 12.3. The maximum absolute atomic E-state index is 12.3. The van der Waals surface area contributed by atoms with Gasteiger partial charge in [-0.3, -0.25) is 4.79 Å². The van der Waals surface area contributed by atoms with Crippen LogP contribution in [0.25, 0.3) is 6.08 Å². The Morgan fingerprint density at radius 2 is 1.88 bits per heavy atom.